The first kappa shape index (κ1) is 8.51. The molecule has 13 heavy (non-hydrogen) atoms. The Bertz CT molecular complexity index is 325. The summed E-state index contributed by atoms with van der Waals surface area (Å²) in [5.74, 6) is 0. The van der Waals surface area contributed by atoms with Crippen LogP contribution in [0, 0.1) is 0 Å². The van der Waals surface area contributed by atoms with Gasteiger partial charge in [0.05, 0.1) is 5.69 Å². The molecule has 0 aromatic carbocycles. The number of nitrogens with two attached hydrogens (primary N) is 1. The Hall–Kier alpha value is -1.09. The molecule has 1 aromatic heterocycles. The van der Waals surface area contributed by atoms with E-state index in [0.29, 0.717) is 0 Å². The standard InChI is InChI=1S/C10H15N3/c1-13-5-4-10(12-13)7-8-2-3-9(11)6-8/h4-6,9H,2-3,7,11H2,1H3. The van der Waals surface area contributed by atoms with Crippen molar-refractivity contribution in [2.75, 3.05) is 0 Å². The summed E-state index contributed by atoms with van der Waals surface area (Å²) < 4.78 is 1.84. The summed E-state index contributed by atoms with van der Waals surface area (Å²) in [5.41, 5.74) is 8.36. The van der Waals surface area contributed by atoms with Gasteiger partial charge in [-0.3, -0.25) is 4.68 Å². The number of allylic oxidation sites excluding steroid dienone is 1. The lowest BCUT2D eigenvalue weighted by Crippen LogP contribution is -2.11. The first-order valence-electron chi connectivity index (χ1n) is 4.68. The Kier molecular flexibility index (Phi) is 2.19. The van der Waals surface area contributed by atoms with E-state index in [-0.39, 0.29) is 6.04 Å². The molecule has 1 aliphatic carbocycles. The van der Waals surface area contributed by atoms with Gasteiger partial charge in [0, 0.05) is 25.7 Å². The van der Waals surface area contributed by atoms with E-state index >= 15 is 0 Å². The van der Waals surface area contributed by atoms with Gasteiger partial charge in [-0.05, 0) is 18.9 Å². The van der Waals surface area contributed by atoms with E-state index in [1.54, 1.807) is 0 Å². The van der Waals surface area contributed by atoms with Crippen LogP contribution in [0.15, 0.2) is 23.9 Å². The zero-order valence-corrected chi connectivity index (χ0v) is 7.90. The highest BCUT2D eigenvalue weighted by Crippen LogP contribution is 2.20. The molecule has 1 heterocycles. The molecule has 0 fully saturated rings. The van der Waals surface area contributed by atoms with Crippen LogP contribution in [0.25, 0.3) is 0 Å². The van der Waals surface area contributed by atoms with Crippen LogP contribution in [0.1, 0.15) is 18.5 Å². The first-order chi connectivity index (χ1) is 6.24. The third kappa shape index (κ3) is 1.98. The first-order valence-corrected chi connectivity index (χ1v) is 4.68. The molecule has 0 aliphatic heterocycles. The minimum atomic E-state index is 0.277. The van der Waals surface area contributed by atoms with Crippen molar-refractivity contribution in [1.82, 2.24) is 9.78 Å². The second-order valence-electron chi connectivity index (χ2n) is 3.68. The van der Waals surface area contributed by atoms with Crippen LogP contribution in [0.3, 0.4) is 0 Å². The monoisotopic (exact) mass is 177 g/mol. The maximum absolute atomic E-state index is 5.78. The number of hydrogen-bond donors (Lipinski definition) is 1. The Morgan fingerprint density at radius 3 is 3.08 bits per heavy atom. The fourth-order valence-electron chi connectivity index (χ4n) is 1.76. The molecule has 0 amide bonds. The number of nitrogens with zero attached hydrogens (tertiary/aromatic N) is 2. The van der Waals surface area contributed by atoms with Gasteiger partial charge in [-0.1, -0.05) is 11.6 Å². The van der Waals surface area contributed by atoms with Crippen LogP contribution in [-0.2, 0) is 13.5 Å². The Balaban J connectivity index is 2.02. The van der Waals surface area contributed by atoms with Gasteiger partial charge >= 0.3 is 0 Å². The van der Waals surface area contributed by atoms with Crippen molar-refractivity contribution >= 4 is 0 Å². The summed E-state index contributed by atoms with van der Waals surface area (Å²) >= 11 is 0. The predicted octanol–water partition coefficient (Wildman–Crippen LogP) is 1.01. The van der Waals surface area contributed by atoms with E-state index in [0.717, 1.165) is 25.0 Å². The smallest absolute Gasteiger partial charge is 0.0664 e. The van der Waals surface area contributed by atoms with Gasteiger partial charge < -0.3 is 5.73 Å². The van der Waals surface area contributed by atoms with E-state index in [1.807, 2.05) is 17.9 Å². The number of aryl methyl sites for hydroxylation is 1. The van der Waals surface area contributed by atoms with Gasteiger partial charge in [0.15, 0.2) is 0 Å². The Labute approximate surface area is 78.2 Å². The van der Waals surface area contributed by atoms with Crippen molar-refractivity contribution in [2.45, 2.75) is 25.3 Å². The van der Waals surface area contributed by atoms with E-state index < -0.39 is 0 Å². The summed E-state index contributed by atoms with van der Waals surface area (Å²) in [7, 11) is 1.94. The molecule has 0 saturated carbocycles. The van der Waals surface area contributed by atoms with Gasteiger partial charge in [0.2, 0.25) is 0 Å². The van der Waals surface area contributed by atoms with Gasteiger partial charge in [-0.25, -0.2) is 0 Å². The largest absolute Gasteiger partial charge is 0.324 e. The van der Waals surface area contributed by atoms with Crippen molar-refractivity contribution in [3.05, 3.63) is 29.6 Å². The molecule has 3 heteroatoms. The summed E-state index contributed by atoms with van der Waals surface area (Å²) in [6.07, 6.45) is 7.36. The average molecular weight is 177 g/mol. The van der Waals surface area contributed by atoms with Crippen LogP contribution in [-0.4, -0.2) is 15.8 Å². The highest BCUT2D eigenvalue weighted by Gasteiger charge is 2.12. The molecule has 1 unspecified atom stereocenters. The molecule has 1 atom stereocenters. The second-order valence-corrected chi connectivity index (χ2v) is 3.68. The molecular weight excluding hydrogens is 162 g/mol. The highest BCUT2D eigenvalue weighted by molar-refractivity contribution is 5.19. The second kappa shape index (κ2) is 3.34. The molecular formula is C10H15N3. The zero-order valence-electron chi connectivity index (χ0n) is 7.90. The van der Waals surface area contributed by atoms with Crippen molar-refractivity contribution in [3.8, 4) is 0 Å². The number of rotatable bonds is 2. The third-order valence-electron chi connectivity index (χ3n) is 2.43. The topological polar surface area (TPSA) is 43.8 Å². The molecule has 0 spiro atoms. The lowest BCUT2D eigenvalue weighted by atomic mass is 10.1. The molecule has 1 aliphatic rings. The Morgan fingerprint density at radius 1 is 1.69 bits per heavy atom. The minimum Gasteiger partial charge on any atom is -0.324 e. The fraction of sp³-hybridized carbons (Fsp3) is 0.500. The van der Waals surface area contributed by atoms with Gasteiger partial charge in [-0.15, -0.1) is 0 Å². The summed E-state index contributed by atoms with van der Waals surface area (Å²) in [6, 6.07) is 2.34. The van der Waals surface area contributed by atoms with Crippen molar-refractivity contribution in [3.63, 3.8) is 0 Å². The summed E-state index contributed by atoms with van der Waals surface area (Å²) in [5, 5.41) is 4.33. The normalized spacial score (nSPS) is 22.0. The van der Waals surface area contributed by atoms with Crippen molar-refractivity contribution < 1.29 is 0 Å². The van der Waals surface area contributed by atoms with E-state index in [2.05, 4.69) is 17.2 Å². The van der Waals surface area contributed by atoms with E-state index in [1.165, 1.54) is 5.57 Å². The fourth-order valence-corrected chi connectivity index (χ4v) is 1.76. The molecule has 1 aromatic rings. The quantitative estimate of drug-likeness (QED) is 0.685. The molecule has 0 bridgehead atoms. The van der Waals surface area contributed by atoms with Gasteiger partial charge in [-0.2, -0.15) is 5.10 Å². The summed E-state index contributed by atoms with van der Waals surface area (Å²) in [4.78, 5) is 0. The minimum absolute atomic E-state index is 0.277. The molecule has 70 valence electrons. The van der Waals surface area contributed by atoms with Gasteiger partial charge in [0.1, 0.15) is 0 Å². The van der Waals surface area contributed by atoms with Crippen LogP contribution < -0.4 is 5.73 Å². The van der Waals surface area contributed by atoms with E-state index in [4.69, 9.17) is 5.73 Å². The molecule has 2 rings (SSSR count). The summed E-state index contributed by atoms with van der Waals surface area (Å²) in [6.45, 7) is 0. The average Bonchev–Trinajstić information content (AvgIpc) is 2.62. The van der Waals surface area contributed by atoms with Crippen molar-refractivity contribution in [1.29, 1.82) is 0 Å². The highest BCUT2D eigenvalue weighted by atomic mass is 15.2. The van der Waals surface area contributed by atoms with Crippen LogP contribution >= 0.6 is 0 Å². The molecule has 3 nitrogen and oxygen atoms in total. The van der Waals surface area contributed by atoms with Crippen molar-refractivity contribution in [2.24, 2.45) is 12.8 Å². The third-order valence-corrected chi connectivity index (χ3v) is 2.43. The van der Waals surface area contributed by atoms with Crippen LogP contribution in [0.5, 0.6) is 0 Å². The lowest BCUT2D eigenvalue weighted by Gasteiger charge is -1.96. The maximum atomic E-state index is 5.78. The Morgan fingerprint density at radius 2 is 2.54 bits per heavy atom. The lowest BCUT2D eigenvalue weighted by molar-refractivity contribution is 0.740. The number of hydrogen-bond acceptors (Lipinski definition) is 2. The zero-order chi connectivity index (χ0) is 9.26. The SMILES string of the molecule is Cn1ccc(CC2=CC(N)CC2)n1. The van der Waals surface area contributed by atoms with E-state index in [9.17, 15) is 0 Å². The predicted molar refractivity (Wildman–Crippen MR) is 52.2 cm³/mol. The number of aromatic nitrogens is 2. The van der Waals surface area contributed by atoms with Gasteiger partial charge in [0.25, 0.3) is 0 Å². The molecule has 0 radical (unpaired) electrons. The van der Waals surface area contributed by atoms with Crippen LogP contribution in [0.2, 0.25) is 0 Å². The molecule has 2 N–H and O–H groups in total. The maximum Gasteiger partial charge on any atom is 0.0664 e. The molecule has 0 saturated heterocycles. The van der Waals surface area contributed by atoms with Crippen LogP contribution in [0.4, 0.5) is 0 Å².